The topological polar surface area (TPSA) is 76.1 Å². The second-order valence-corrected chi connectivity index (χ2v) is 9.15. The number of benzene rings is 2. The summed E-state index contributed by atoms with van der Waals surface area (Å²) in [6, 6.07) is 12.6. The molecule has 1 saturated heterocycles. The summed E-state index contributed by atoms with van der Waals surface area (Å²) in [6.45, 7) is 9.24. The Morgan fingerprint density at radius 3 is 2.52 bits per heavy atom. The number of aliphatic hydroxyl groups is 1. The van der Waals surface area contributed by atoms with Crippen LogP contribution in [0.1, 0.15) is 61.9 Å². The summed E-state index contributed by atoms with van der Waals surface area (Å²) in [5.41, 5.74) is 3.56. The molecule has 2 aromatic carbocycles. The van der Waals surface area contributed by atoms with Gasteiger partial charge in [-0.05, 0) is 54.7 Å². The average molecular weight is 450 g/mol. The zero-order valence-corrected chi connectivity index (χ0v) is 19.6. The van der Waals surface area contributed by atoms with Gasteiger partial charge in [0.25, 0.3) is 11.7 Å². The first-order valence-corrected chi connectivity index (χ1v) is 11.5. The van der Waals surface area contributed by atoms with Crippen LogP contribution in [0, 0.1) is 0 Å². The van der Waals surface area contributed by atoms with Gasteiger partial charge >= 0.3 is 0 Å². The number of likely N-dealkylation sites (tertiary alicyclic amines) is 1. The Morgan fingerprint density at radius 1 is 1.12 bits per heavy atom. The van der Waals surface area contributed by atoms with Crippen LogP contribution in [0.4, 0.5) is 0 Å². The molecule has 174 valence electrons. The lowest BCUT2D eigenvalue weighted by molar-refractivity contribution is -0.140. The predicted octanol–water partition coefficient (Wildman–Crippen LogP) is 4.59. The van der Waals surface area contributed by atoms with Crippen LogP contribution in [0.15, 0.2) is 48.0 Å². The number of ether oxygens (including phenoxy) is 2. The van der Waals surface area contributed by atoms with Crippen LogP contribution in [-0.4, -0.2) is 47.6 Å². The van der Waals surface area contributed by atoms with Gasteiger partial charge in [-0.3, -0.25) is 9.59 Å². The van der Waals surface area contributed by atoms with Gasteiger partial charge in [0.05, 0.1) is 30.9 Å². The fourth-order valence-electron chi connectivity index (χ4n) is 4.40. The fourth-order valence-corrected chi connectivity index (χ4v) is 4.40. The van der Waals surface area contributed by atoms with Gasteiger partial charge in [-0.25, -0.2) is 0 Å². The molecule has 1 N–H and O–H groups in total. The first-order chi connectivity index (χ1) is 15.8. The van der Waals surface area contributed by atoms with Gasteiger partial charge in [0.2, 0.25) is 0 Å². The molecule has 4 rings (SSSR count). The number of rotatable bonds is 7. The van der Waals surface area contributed by atoms with E-state index in [0.717, 1.165) is 28.9 Å². The average Bonchev–Trinajstić information content (AvgIpc) is 3.36. The number of aliphatic hydroxyl groups excluding tert-OH is 1. The van der Waals surface area contributed by atoms with E-state index in [0.29, 0.717) is 24.7 Å². The van der Waals surface area contributed by atoms with Crippen LogP contribution in [0.3, 0.4) is 0 Å². The molecule has 0 aliphatic carbocycles. The molecule has 33 heavy (non-hydrogen) atoms. The second-order valence-electron chi connectivity index (χ2n) is 9.15. The molecule has 2 heterocycles. The Morgan fingerprint density at radius 2 is 1.85 bits per heavy atom. The Kier molecular flexibility index (Phi) is 6.56. The molecule has 0 radical (unpaired) electrons. The van der Waals surface area contributed by atoms with Gasteiger partial charge in [-0.1, -0.05) is 38.1 Å². The SMILES string of the molecule is CC(C)OCCN1C(=O)C(=O)/C(=C(\O)c2ccc3c(c2)CCO3)C1c1ccc(C(C)C)cc1. The standard InChI is InChI=1S/C27H31NO5/c1-16(2)18-5-7-19(8-6-18)24-23(26(30)27(31)28(24)12-14-32-17(3)4)25(29)21-9-10-22-20(15-21)11-13-33-22/h5-10,15-17,24,29H,11-14H2,1-4H3/b25-23-. The third-order valence-electron chi connectivity index (χ3n) is 6.21. The largest absolute Gasteiger partial charge is 0.507 e. The highest BCUT2D eigenvalue weighted by molar-refractivity contribution is 6.46. The quantitative estimate of drug-likeness (QED) is 0.380. The first kappa shape index (κ1) is 23.1. The number of fused-ring (bicyclic) bond motifs is 1. The molecule has 1 unspecified atom stereocenters. The maximum absolute atomic E-state index is 13.1. The van der Waals surface area contributed by atoms with Crippen LogP contribution in [0.5, 0.6) is 5.75 Å². The van der Waals surface area contributed by atoms with Crippen molar-refractivity contribution < 1.29 is 24.2 Å². The third kappa shape index (κ3) is 4.53. The van der Waals surface area contributed by atoms with Crippen molar-refractivity contribution >= 4 is 17.4 Å². The van der Waals surface area contributed by atoms with E-state index in [-0.39, 0.29) is 24.0 Å². The normalized spacial score (nSPS) is 19.5. The van der Waals surface area contributed by atoms with Crippen molar-refractivity contribution in [3.8, 4) is 5.75 Å². The Bertz CT molecular complexity index is 1080. The minimum Gasteiger partial charge on any atom is -0.507 e. The molecule has 1 fully saturated rings. The summed E-state index contributed by atoms with van der Waals surface area (Å²) in [4.78, 5) is 27.7. The fraction of sp³-hybridized carbons (Fsp3) is 0.407. The molecular weight excluding hydrogens is 418 g/mol. The summed E-state index contributed by atoms with van der Waals surface area (Å²) < 4.78 is 11.2. The third-order valence-corrected chi connectivity index (χ3v) is 6.21. The highest BCUT2D eigenvalue weighted by Gasteiger charge is 2.46. The number of hydrogen-bond acceptors (Lipinski definition) is 5. The monoisotopic (exact) mass is 449 g/mol. The van der Waals surface area contributed by atoms with Crippen molar-refractivity contribution in [2.75, 3.05) is 19.8 Å². The Balaban J connectivity index is 1.78. The summed E-state index contributed by atoms with van der Waals surface area (Å²) in [6.07, 6.45) is 0.761. The number of Topliss-reactive ketones (excluding diaryl/α,β-unsaturated/α-hetero) is 1. The Labute approximate surface area is 194 Å². The molecule has 0 aromatic heterocycles. The summed E-state index contributed by atoms with van der Waals surface area (Å²) in [7, 11) is 0. The zero-order chi connectivity index (χ0) is 23.7. The number of amides is 1. The van der Waals surface area contributed by atoms with Crippen molar-refractivity contribution in [2.24, 2.45) is 0 Å². The van der Waals surface area contributed by atoms with Crippen molar-refractivity contribution in [1.29, 1.82) is 0 Å². The molecule has 2 aliphatic heterocycles. The maximum atomic E-state index is 13.1. The van der Waals surface area contributed by atoms with Gasteiger partial charge in [0, 0.05) is 18.5 Å². The number of hydrogen-bond donors (Lipinski definition) is 1. The molecule has 1 atom stereocenters. The summed E-state index contributed by atoms with van der Waals surface area (Å²) in [5, 5.41) is 11.3. The van der Waals surface area contributed by atoms with Crippen LogP contribution in [-0.2, 0) is 20.7 Å². The summed E-state index contributed by atoms with van der Waals surface area (Å²) >= 11 is 0. The maximum Gasteiger partial charge on any atom is 0.295 e. The van der Waals surface area contributed by atoms with E-state index in [4.69, 9.17) is 9.47 Å². The lowest BCUT2D eigenvalue weighted by Gasteiger charge is -2.26. The van der Waals surface area contributed by atoms with Gasteiger partial charge in [0.1, 0.15) is 11.5 Å². The van der Waals surface area contributed by atoms with Crippen molar-refractivity contribution in [2.45, 2.75) is 52.2 Å². The molecule has 2 aromatic rings. The molecule has 2 aliphatic rings. The molecule has 1 amide bonds. The van der Waals surface area contributed by atoms with E-state index in [1.807, 2.05) is 44.2 Å². The number of carbonyl (C=O) groups excluding carboxylic acids is 2. The molecule has 6 heteroatoms. The van der Waals surface area contributed by atoms with E-state index in [1.165, 1.54) is 4.90 Å². The van der Waals surface area contributed by atoms with Gasteiger partial charge in [0.15, 0.2) is 0 Å². The van der Waals surface area contributed by atoms with Crippen molar-refractivity contribution in [3.05, 3.63) is 70.3 Å². The highest BCUT2D eigenvalue weighted by atomic mass is 16.5. The van der Waals surface area contributed by atoms with E-state index < -0.39 is 17.7 Å². The summed E-state index contributed by atoms with van der Waals surface area (Å²) in [5.74, 6) is -0.302. The highest BCUT2D eigenvalue weighted by Crippen LogP contribution is 2.40. The predicted molar refractivity (Wildman–Crippen MR) is 126 cm³/mol. The van der Waals surface area contributed by atoms with Crippen LogP contribution in [0.25, 0.3) is 5.76 Å². The lowest BCUT2D eigenvalue weighted by atomic mass is 9.93. The molecule has 0 spiro atoms. The van der Waals surface area contributed by atoms with E-state index in [1.54, 1.807) is 12.1 Å². The molecule has 0 saturated carbocycles. The van der Waals surface area contributed by atoms with Crippen LogP contribution < -0.4 is 4.74 Å². The molecular formula is C27H31NO5. The van der Waals surface area contributed by atoms with Crippen LogP contribution in [0.2, 0.25) is 0 Å². The second kappa shape index (κ2) is 9.40. The van der Waals surface area contributed by atoms with Gasteiger partial charge in [-0.2, -0.15) is 0 Å². The van der Waals surface area contributed by atoms with Crippen LogP contribution >= 0.6 is 0 Å². The van der Waals surface area contributed by atoms with Crippen molar-refractivity contribution in [1.82, 2.24) is 4.90 Å². The number of ketones is 1. The number of carbonyl (C=O) groups is 2. The minimum absolute atomic E-state index is 0.0132. The molecule has 0 bridgehead atoms. The van der Waals surface area contributed by atoms with E-state index >= 15 is 0 Å². The van der Waals surface area contributed by atoms with Gasteiger partial charge in [-0.15, -0.1) is 0 Å². The number of nitrogens with zero attached hydrogens (tertiary/aromatic N) is 1. The van der Waals surface area contributed by atoms with E-state index in [2.05, 4.69) is 13.8 Å². The van der Waals surface area contributed by atoms with E-state index in [9.17, 15) is 14.7 Å². The lowest BCUT2D eigenvalue weighted by Crippen LogP contribution is -2.33. The smallest absolute Gasteiger partial charge is 0.295 e. The first-order valence-electron chi connectivity index (χ1n) is 11.5. The Hall–Kier alpha value is -3.12. The van der Waals surface area contributed by atoms with Gasteiger partial charge < -0.3 is 19.5 Å². The minimum atomic E-state index is -0.675. The molecule has 6 nitrogen and oxygen atoms in total. The zero-order valence-electron chi connectivity index (χ0n) is 19.6. The van der Waals surface area contributed by atoms with Crippen molar-refractivity contribution in [3.63, 3.8) is 0 Å².